The van der Waals surface area contributed by atoms with Gasteiger partial charge in [-0.25, -0.2) is 0 Å². The summed E-state index contributed by atoms with van der Waals surface area (Å²) >= 11 is 0. The highest BCUT2D eigenvalue weighted by Gasteiger charge is 2.33. The number of esters is 1. The number of carbonyl (C=O) groups is 1. The molecule has 1 aliphatic rings. The monoisotopic (exact) mass is 328 g/mol. The Morgan fingerprint density at radius 3 is 2.43 bits per heavy atom. The maximum absolute atomic E-state index is 11.7. The number of hydrogen-bond donors (Lipinski definition) is 0. The summed E-state index contributed by atoms with van der Waals surface area (Å²) < 4.78 is 16.3. The van der Waals surface area contributed by atoms with Crippen molar-refractivity contribution in [3.05, 3.63) is 0 Å². The molecule has 4 nitrogen and oxygen atoms in total. The predicted octanol–water partition coefficient (Wildman–Crippen LogP) is 4.85. The molecule has 0 aromatic carbocycles. The molecule has 4 heteroatoms. The molecule has 136 valence electrons. The minimum Gasteiger partial charge on any atom is -0.463 e. The van der Waals surface area contributed by atoms with Crippen LogP contribution in [0.5, 0.6) is 0 Å². The molecule has 1 saturated heterocycles. The van der Waals surface area contributed by atoms with Crippen LogP contribution in [0.3, 0.4) is 0 Å². The lowest BCUT2D eigenvalue weighted by Gasteiger charge is -2.16. The number of unbranched alkanes of at least 4 members (excludes halogenated alkanes) is 5. The van der Waals surface area contributed by atoms with E-state index < -0.39 is 5.79 Å². The van der Waals surface area contributed by atoms with Crippen LogP contribution in [0.2, 0.25) is 0 Å². The number of carbonyl (C=O) groups excluding carboxylic acids is 1. The van der Waals surface area contributed by atoms with E-state index in [4.69, 9.17) is 14.2 Å². The molecule has 2 atom stereocenters. The van der Waals surface area contributed by atoms with Gasteiger partial charge in [0.1, 0.15) is 12.7 Å². The van der Waals surface area contributed by atoms with E-state index in [1.165, 1.54) is 38.5 Å². The van der Waals surface area contributed by atoms with E-state index >= 15 is 0 Å². The molecule has 0 aromatic heterocycles. The highest BCUT2D eigenvalue weighted by Crippen LogP contribution is 2.22. The Morgan fingerprint density at radius 1 is 1.17 bits per heavy atom. The Bertz CT molecular complexity index is 327. The van der Waals surface area contributed by atoms with E-state index in [0.717, 1.165) is 18.8 Å². The van der Waals surface area contributed by atoms with E-state index in [9.17, 15) is 4.79 Å². The molecule has 0 aromatic rings. The van der Waals surface area contributed by atoms with Gasteiger partial charge in [-0.3, -0.25) is 4.79 Å². The number of ether oxygens (including phenoxy) is 3. The maximum Gasteiger partial charge on any atom is 0.305 e. The zero-order valence-electron chi connectivity index (χ0n) is 15.6. The summed E-state index contributed by atoms with van der Waals surface area (Å²) in [4.78, 5) is 11.7. The summed E-state index contributed by atoms with van der Waals surface area (Å²) in [7, 11) is 0. The molecule has 1 aliphatic heterocycles. The first-order chi connectivity index (χ1) is 10.9. The van der Waals surface area contributed by atoms with Gasteiger partial charge in [0, 0.05) is 6.42 Å². The summed E-state index contributed by atoms with van der Waals surface area (Å²) in [6.07, 6.45) is 10.3. The van der Waals surface area contributed by atoms with Gasteiger partial charge in [-0.2, -0.15) is 0 Å². The van der Waals surface area contributed by atoms with E-state index in [1.54, 1.807) is 0 Å². The minimum absolute atomic E-state index is 0.116. The van der Waals surface area contributed by atoms with Crippen molar-refractivity contribution in [1.82, 2.24) is 0 Å². The van der Waals surface area contributed by atoms with Gasteiger partial charge < -0.3 is 14.2 Å². The lowest BCUT2D eigenvalue weighted by Crippen LogP contribution is -2.25. The molecule has 0 radical (unpaired) electrons. The minimum atomic E-state index is -0.550. The van der Waals surface area contributed by atoms with Gasteiger partial charge in [0.15, 0.2) is 5.79 Å². The van der Waals surface area contributed by atoms with Gasteiger partial charge in [0.25, 0.3) is 0 Å². The van der Waals surface area contributed by atoms with Crippen LogP contribution in [-0.2, 0) is 19.0 Å². The highest BCUT2D eigenvalue weighted by atomic mass is 16.7. The Kier molecular flexibility index (Phi) is 9.80. The second-order valence-electron chi connectivity index (χ2n) is 7.31. The van der Waals surface area contributed by atoms with Crippen molar-refractivity contribution in [3.8, 4) is 0 Å². The summed E-state index contributed by atoms with van der Waals surface area (Å²) in [5.41, 5.74) is 0. The first-order valence-corrected chi connectivity index (χ1v) is 9.40. The molecular weight excluding hydrogens is 292 g/mol. The van der Waals surface area contributed by atoms with Gasteiger partial charge >= 0.3 is 5.97 Å². The van der Waals surface area contributed by atoms with Crippen LogP contribution >= 0.6 is 0 Å². The lowest BCUT2D eigenvalue weighted by atomic mass is 10.00. The zero-order chi connectivity index (χ0) is 17.1. The third-order valence-electron chi connectivity index (χ3n) is 4.52. The van der Waals surface area contributed by atoms with E-state index in [2.05, 4.69) is 13.8 Å². The fourth-order valence-electron chi connectivity index (χ4n) is 2.78. The Labute approximate surface area is 142 Å². The van der Waals surface area contributed by atoms with E-state index in [-0.39, 0.29) is 12.1 Å². The average Bonchev–Trinajstić information content (AvgIpc) is 2.86. The first-order valence-electron chi connectivity index (χ1n) is 9.40. The molecule has 1 rings (SSSR count). The fraction of sp³-hybridized carbons (Fsp3) is 0.947. The van der Waals surface area contributed by atoms with Crippen molar-refractivity contribution in [2.75, 3.05) is 13.2 Å². The Morgan fingerprint density at radius 2 is 1.83 bits per heavy atom. The average molecular weight is 328 g/mol. The zero-order valence-corrected chi connectivity index (χ0v) is 15.6. The van der Waals surface area contributed by atoms with Crippen LogP contribution in [0.4, 0.5) is 0 Å². The predicted molar refractivity (Wildman–Crippen MR) is 92.3 cm³/mol. The second kappa shape index (κ2) is 11.0. The number of hydrogen-bond acceptors (Lipinski definition) is 4. The highest BCUT2D eigenvalue weighted by molar-refractivity contribution is 5.69. The van der Waals surface area contributed by atoms with E-state index in [1.807, 2.05) is 13.8 Å². The van der Waals surface area contributed by atoms with Crippen LogP contribution in [-0.4, -0.2) is 31.1 Å². The van der Waals surface area contributed by atoms with Crippen molar-refractivity contribution in [3.63, 3.8) is 0 Å². The molecule has 0 bridgehead atoms. The normalized spacial score (nSPS) is 21.3. The lowest BCUT2D eigenvalue weighted by molar-refractivity contribution is -0.158. The molecule has 2 unspecified atom stereocenters. The topological polar surface area (TPSA) is 44.8 Å². The van der Waals surface area contributed by atoms with Crippen molar-refractivity contribution in [2.24, 2.45) is 5.92 Å². The van der Waals surface area contributed by atoms with Crippen LogP contribution in [0.1, 0.15) is 85.5 Å². The molecule has 0 aliphatic carbocycles. The molecule has 1 heterocycles. The SMILES string of the molecule is CCC(C)CCCCCCCCC(=O)OCC1COC(C)(C)O1. The van der Waals surface area contributed by atoms with Gasteiger partial charge in [-0.1, -0.05) is 58.8 Å². The van der Waals surface area contributed by atoms with Crippen molar-refractivity contribution >= 4 is 5.97 Å². The standard InChI is InChI=1S/C19H36O4/c1-5-16(2)12-10-8-6-7-9-11-13-18(20)21-14-17-15-22-19(3,4)23-17/h16-17H,5-15H2,1-4H3. The molecule has 0 spiro atoms. The summed E-state index contributed by atoms with van der Waals surface area (Å²) in [5, 5.41) is 0. The van der Waals surface area contributed by atoms with Crippen LogP contribution < -0.4 is 0 Å². The molecule has 0 saturated carbocycles. The fourth-order valence-corrected chi connectivity index (χ4v) is 2.78. The Hall–Kier alpha value is -0.610. The van der Waals surface area contributed by atoms with Gasteiger partial charge in [0.05, 0.1) is 6.61 Å². The molecule has 1 fully saturated rings. The summed E-state index contributed by atoms with van der Waals surface area (Å²) in [6.45, 7) is 9.14. The third-order valence-corrected chi connectivity index (χ3v) is 4.52. The third kappa shape index (κ3) is 9.98. The first kappa shape index (κ1) is 20.4. The quantitative estimate of drug-likeness (QED) is 0.379. The largest absolute Gasteiger partial charge is 0.463 e. The molecule has 0 amide bonds. The smallest absolute Gasteiger partial charge is 0.305 e. The second-order valence-corrected chi connectivity index (χ2v) is 7.31. The van der Waals surface area contributed by atoms with Crippen molar-refractivity contribution in [1.29, 1.82) is 0 Å². The summed E-state index contributed by atoms with van der Waals surface area (Å²) in [5.74, 6) is 0.200. The Balaban J connectivity index is 1.89. The summed E-state index contributed by atoms with van der Waals surface area (Å²) in [6, 6.07) is 0. The van der Waals surface area contributed by atoms with Gasteiger partial charge in [-0.15, -0.1) is 0 Å². The van der Waals surface area contributed by atoms with Crippen LogP contribution in [0, 0.1) is 5.92 Å². The van der Waals surface area contributed by atoms with Gasteiger partial charge in [-0.05, 0) is 26.2 Å². The van der Waals surface area contributed by atoms with E-state index in [0.29, 0.717) is 19.6 Å². The maximum atomic E-state index is 11.7. The van der Waals surface area contributed by atoms with Crippen LogP contribution in [0.15, 0.2) is 0 Å². The van der Waals surface area contributed by atoms with Crippen molar-refractivity contribution in [2.45, 2.75) is 97.4 Å². The number of rotatable bonds is 12. The molecular formula is C19H36O4. The van der Waals surface area contributed by atoms with Gasteiger partial charge in [0.2, 0.25) is 0 Å². The van der Waals surface area contributed by atoms with Crippen molar-refractivity contribution < 1.29 is 19.0 Å². The molecule has 23 heavy (non-hydrogen) atoms. The molecule has 0 N–H and O–H groups in total. The van der Waals surface area contributed by atoms with Crippen LogP contribution in [0.25, 0.3) is 0 Å².